The van der Waals surface area contributed by atoms with Gasteiger partial charge in [0, 0.05) is 12.1 Å². The fraction of sp³-hybridized carbons (Fsp3) is 0.929. The van der Waals surface area contributed by atoms with Gasteiger partial charge in [-0.25, -0.2) is 0 Å². The molecule has 1 fully saturated rings. The Kier molecular flexibility index (Phi) is 5.96. The molecule has 0 saturated heterocycles. The molecule has 3 atom stereocenters. The number of carbonyl (C=O) groups excluding carboxylic acids is 1. The summed E-state index contributed by atoms with van der Waals surface area (Å²) in [7, 11) is 0. The summed E-state index contributed by atoms with van der Waals surface area (Å²) in [4.78, 5) is 12.2. The van der Waals surface area contributed by atoms with Gasteiger partial charge in [0.1, 0.15) is 0 Å². The van der Waals surface area contributed by atoms with Crippen molar-refractivity contribution in [3.05, 3.63) is 0 Å². The van der Waals surface area contributed by atoms with Crippen LogP contribution in [0.1, 0.15) is 59.3 Å². The lowest BCUT2D eigenvalue weighted by Crippen LogP contribution is -2.46. The van der Waals surface area contributed by atoms with Crippen LogP contribution in [0, 0.1) is 11.8 Å². The number of amides is 1. The van der Waals surface area contributed by atoms with Crippen LogP contribution in [0.5, 0.6) is 0 Å². The lowest BCUT2D eigenvalue weighted by atomic mass is 9.93. The van der Waals surface area contributed by atoms with Gasteiger partial charge in [-0.2, -0.15) is 0 Å². The van der Waals surface area contributed by atoms with E-state index in [-0.39, 0.29) is 23.9 Å². The lowest BCUT2D eigenvalue weighted by molar-refractivity contribution is -0.126. The first-order valence-corrected chi connectivity index (χ1v) is 7.12. The highest BCUT2D eigenvalue weighted by molar-refractivity contribution is 5.79. The van der Waals surface area contributed by atoms with Crippen LogP contribution in [0.15, 0.2) is 0 Å². The molecule has 0 aromatic heterocycles. The molecule has 1 amide bonds. The molecule has 0 bridgehead atoms. The second kappa shape index (κ2) is 7.00. The Morgan fingerprint density at radius 2 is 1.94 bits per heavy atom. The Morgan fingerprint density at radius 3 is 2.53 bits per heavy atom. The summed E-state index contributed by atoms with van der Waals surface area (Å²) in [6.45, 7) is 6.43. The van der Waals surface area contributed by atoms with Crippen LogP contribution in [0.4, 0.5) is 0 Å². The van der Waals surface area contributed by atoms with Gasteiger partial charge in [-0.1, -0.05) is 40.0 Å². The van der Waals surface area contributed by atoms with Crippen LogP contribution in [-0.4, -0.2) is 18.0 Å². The van der Waals surface area contributed by atoms with Crippen LogP contribution < -0.4 is 11.1 Å². The smallest absolute Gasteiger partial charge is 0.224 e. The van der Waals surface area contributed by atoms with E-state index in [0.29, 0.717) is 5.92 Å². The minimum absolute atomic E-state index is 0.0327. The summed E-state index contributed by atoms with van der Waals surface area (Å²) in [6, 6.07) is 0.347. The minimum Gasteiger partial charge on any atom is -0.353 e. The van der Waals surface area contributed by atoms with E-state index in [1.165, 1.54) is 12.8 Å². The lowest BCUT2D eigenvalue weighted by Gasteiger charge is -2.26. The maximum absolute atomic E-state index is 12.2. The first kappa shape index (κ1) is 14.5. The molecule has 17 heavy (non-hydrogen) atoms. The van der Waals surface area contributed by atoms with Crippen LogP contribution in [0.2, 0.25) is 0 Å². The number of carbonyl (C=O) groups is 1. The number of rotatable bonds is 4. The topological polar surface area (TPSA) is 55.1 Å². The zero-order chi connectivity index (χ0) is 12.8. The monoisotopic (exact) mass is 240 g/mol. The van der Waals surface area contributed by atoms with Gasteiger partial charge in [-0.3, -0.25) is 4.79 Å². The highest BCUT2D eigenvalue weighted by atomic mass is 16.2. The molecule has 1 rings (SSSR count). The molecule has 0 aromatic rings. The van der Waals surface area contributed by atoms with E-state index < -0.39 is 0 Å². The predicted molar refractivity (Wildman–Crippen MR) is 71.6 cm³/mol. The predicted octanol–water partition coefficient (Wildman–Crippen LogP) is 2.44. The Labute approximate surface area is 106 Å². The van der Waals surface area contributed by atoms with Gasteiger partial charge < -0.3 is 11.1 Å². The molecule has 3 heteroatoms. The van der Waals surface area contributed by atoms with E-state index in [1.807, 2.05) is 0 Å². The first-order valence-electron chi connectivity index (χ1n) is 7.12. The van der Waals surface area contributed by atoms with Crippen molar-refractivity contribution in [1.82, 2.24) is 5.32 Å². The highest BCUT2D eigenvalue weighted by Gasteiger charge is 2.28. The molecule has 100 valence electrons. The Morgan fingerprint density at radius 1 is 1.29 bits per heavy atom. The van der Waals surface area contributed by atoms with Crippen molar-refractivity contribution in [3.8, 4) is 0 Å². The maximum Gasteiger partial charge on any atom is 0.224 e. The normalized spacial score (nSPS) is 27.6. The molecule has 3 nitrogen and oxygen atoms in total. The molecular formula is C14H28N2O. The number of hydrogen-bond acceptors (Lipinski definition) is 2. The Balaban J connectivity index is 2.55. The average Bonchev–Trinajstić information content (AvgIpc) is 2.50. The van der Waals surface area contributed by atoms with E-state index in [4.69, 9.17) is 5.73 Å². The largest absolute Gasteiger partial charge is 0.353 e. The van der Waals surface area contributed by atoms with E-state index in [2.05, 4.69) is 26.1 Å². The summed E-state index contributed by atoms with van der Waals surface area (Å²) in [6.07, 6.45) is 6.49. The summed E-state index contributed by atoms with van der Waals surface area (Å²) < 4.78 is 0. The molecule has 0 aliphatic heterocycles. The standard InChI is InChI=1S/C14H28N2O/c1-4-13(10(2)3)16-14(17)11-8-6-5-7-9-12(11)15/h10-13H,4-9,15H2,1-3H3,(H,16,17). The molecule has 0 radical (unpaired) electrons. The molecule has 1 saturated carbocycles. The number of hydrogen-bond donors (Lipinski definition) is 2. The third-order valence-corrected chi connectivity index (χ3v) is 3.98. The van der Waals surface area contributed by atoms with Gasteiger partial charge in [0.05, 0.1) is 5.92 Å². The van der Waals surface area contributed by atoms with Crippen molar-refractivity contribution in [1.29, 1.82) is 0 Å². The molecule has 1 aliphatic rings. The Bertz CT molecular complexity index is 240. The van der Waals surface area contributed by atoms with Gasteiger partial charge in [-0.05, 0) is 25.2 Å². The quantitative estimate of drug-likeness (QED) is 0.742. The first-order chi connectivity index (χ1) is 8.06. The van der Waals surface area contributed by atoms with Gasteiger partial charge in [0.2, 0.25) is 5.91 Å². The molecule has 3 unspecified atom stereocenters. The second-order valence-corrected chi connectivity index (χ2v) is 5.68. The zero-order valence-electron chi connectivity index (χ0n) is 11.5. The number of nitrogens with two attached hydrogens (primary N) is 1. The van der Waals surface area contributed by atoms with Crippen molar-refractivity contribution in [2.75, 3.05) is 0 Å². The van der Waals surface area contributed by atoms with Crippen molar-refractivity contribution in [2.45, 2.75) is 71.4 Å². The third-order valence-electron chi connectivity index (χ3n) is 3.98. The minimum atomic E-state index is 0.0327. The SMILES string of the molecule is CCC(NC(=O)C1CCCCCC1N)C(C)C. The third kappa shape index (κ3) is 4.30. The van der Waals surface area contributed by atoms with E-state index in [9.17, 15) is 4.79 Å². The van der Waals surface area contributed by atoms with Gasteiger partial charge in [0.25, 0.3) is 0 Å². The van der Waals surface area contributed by atoms with E-state index in [1.54, 1.807) is 0 Å². The highest BCUT2D eigenvalue weighted by Crippen LogP contribution is 2.22. The summed E-state index contributed by atoms with van der Waals surface area (Å²) in [5.74, 6) is 0.705. The summed E-state index contributed by atoms with van der Waals surface area (Å²) >= 11 is 0. The molecule has 0 heterocycles. The Hall–Kier alpha value is -0.570. The molecule has 0 aromatic carbocycles. The fourth-order valence-electron chi connectivity index (χ4n) is 2.69. The van der Waals surface area contributed by atoms with Crippen molar-refractivity contribution < 1.29 is 4.79 Å². The van der Waals surface area contributed by atoms with Crippen molar-refractivity contribution in [2.24, 2.45) is 17.6 Å². The summed E-state index contributed by atoms with van der Waals surface area (Å²) in [5, 5.41) is 3.18. The molecular weight excluding hydrogens is 212 g/mol. The van der Waals surface area contributed by atoms with Gasteiger partial charge in [0.15, 0.2) is 0 Å². The van der Waals surface area contributed by atoms with Crippen molar-refractivity contribution >= 4 is 5.91 Å². The fourth-order valence-corrected chi connectivity index (χ4v) is 2.69. The van der Waals surface area contributed by atoms with Crippen LogP contribution in [-0.2, 0) is 4.79 Å². The maximum atomic E-state index is 12.2. The molecule has 1 aliphatic carbocycles. The average molecular weight is 240 g/mol. The van der Waals surface area contributed by atoms with Crippen LogP contribution in [0.3, 0.4) is 0 Å². The molecule has 3 N–H and O–H groups in total. The van der Waals surface area contributed by atoms with E-state index >= 15 is 0 Å². The van der Waals surface area contributed by atoms with Gasteiger partial charge in [-0.15, -0.1) is 0 Å². The van der Waals surface area contributed by atoms with E-state index in [0.717, 1.165) is 25.7 Å². The second-order valence-electron chi connectivity index (χ2n) is 5.68. The van der Waals surface area contributed by atoms with Gasteiger partial charge >= 0.3 is 0 Å². The molecule has 0 spiro atoms. The van der Waals surface area contributed by atoms with Crippen LogP contribution >= 0.6 is 0 Å². The van der Waals surface area contributed by atoms with Crippen molar-refractivity contribution in [3.63, 3.8) is 0 Å². The number of nitrogens with one attached hydrogen (secondary N) is 1. The van der Waals surface area contributed by atoms with Crippen LogP contribution in [0.25, 0.3) is 0 Å². The summed E-state index contributed by atoms with van der Waals surface area (Å²) in [5.41, 5.74) is 6.11. The zero-order valence-corrected chi connectivity index (χ0v) is 11.5.